The zero-order valence-corrected chi connectivity index (χ0v) is 14.3. The second kappa shape index (κ2) is 7.45. The largest absolute Gasteiger partial charge is 0.379 e. The third-order valence-electron chi connectivity index (χ3n) is 4.90. The predicted molar refractivity (Wildman–Crippen MR) is 88.5 cm³/mol. The third-order valence-corrected chi connectivity index (χ3v) is 4.90. The number of ether oxygens (including phenoxy) is 1. The minimum absolute atomic E-state index is 0.0760. The average molecular weight is 320 g/mol. The highest BCUT2D eigenvalue weighted by molar-refractivity contribution is 5.92. The lowest BCUT2D eigenvalue weighted by molar-refractivity contribution is 0.0135. The molecule has 0 radical (unpaired) electrons. The van der Waals surface area contributed by atoms with Crippen LogP contribution in [0.15, 0.2) is 12.3 Å². The van der Waals surface area contributed by atoms with Crippen molar-refractivity contribution < 1.29 is 9.53 Å². The fourth-order valence-electron chi connectivity index (χ4n) is 3.49. The lowest BCUT2D eigenvalue weighted by Crippen LogP contribution is -2.44. The molecule has 0 bridgehead atoms. The SMILES string of the molecule is CC(C)n1ccc(C(=O)N2CCC[C@H](N3CCOCC3)CC2)n1. The maximum Gasteiger partial charge on any atom is 0.274 e. The summed E-state index contributed by atoms with van der Waals surface area (Å²) in [6.07, 6.45) is 5.19. The summed E-state index contributed by atoms with van der Waals surface area (Å²) in [6.45, 7) is 9.54. The summed E-state index contributed by atoms with van der Waals surface area (Å²) >= 11 is 0. The van der Waals surface area contributed by atoms with Gasteiger partial charge in [0.25, 0.3) is 5.91 Å². The second-order valence-electron chi connectivity index (χ2n) is 6.80. The molecule has 0 unspecified atom stereocenters. The van der Waals surface area contributed by atoms with Gasteiger partial charge in [-0.2, -0.15) is 5.10 Å². The summed E-state index contributed by atoms with van der Waals surface area (Å²) in [5.74, 6) is 0.0760. The van der Waals surface area contributed by atoms with E-state index in [1.165, 1.54) is 6.42 Å². The van der Waals surface area contributed by atoms with E-state index in [0.717, 1.165) is 52.2 Å². The van der Waals surface area contributed by atoms with Crippen LogP contribution in [0.3, 0.4) is 0 Å². The Morgan fingerprint density at radius 1 is 1.22 bits per heavy atom. The van der Waals surface area contributed by atoms with E-state index in [1.807, 2.05) is 21.8 Å². The molecule has 1 aromatic heterocycles. The standard InChI is InChI=1S/C17H28N4O2/c1-14(2)21-9-6-16(18-21)17(22)20-7-3-4-15(5-8-20)19-10-12-23-13-11-19/h6,9,14-15H,3-5,7-8,10-13H2,1-2H3/t15-/m0/s1. The first kappa shape index (κ1) is 16.5. The van der Waals surface area contributed by atoms with Crippen LogP contribution in [-0.2, 0) is 4.74 Å². The Kier molecular flexibility index (Phi) is 5.33. The Balaban J connectivity index is 1.59. The van der Waals surface area contributed by atoms with Gasteiger partial charge in [-0.15, -0.1) is 0 Å². The number of aromatic nitrogens is 2. The molecule has 6 heteroatoms. The number of amides is 1. The van der Waals surface area contributed by atoms with Gasteiger partial charge in [-0.1, -0.05) is 0 Å². The number of carbonyl (C=O) groups excluding carboxylic acids is 1. The molecule has 2 aliphatic rings. The zero-order valence-electron chi connectivity index (χ0n) is 14.3. The van der Waals surface area contributed by atoms with E-state index in [0.29, 0.717) is 11.7 Å². The molecule has 128 valence electrons. The third kappa shape index (κ3) is 3.93. The smallest absolute Gasteiger partial charge is 0.274 e. The number of morpholine rings is 1. The number of rotatable bonds is 3. The van der Waals surface area contributed by atoms with Crippen LogP contribution in [0.1, 0.15) is 49.6 Å². The number of carbonyl (C=O) groups is 1. The zero-order chi connectivity index (χ0) is 16.2. The van der Waals surface area contributed by atoms with Gasteiger partial charge in [0.15, 0.2) is 0 Å². The van der Waals surface area contributed by atoms with Crippen molar-refractivity contribution in [1.82, 2.24) is 19.6 Å². The molecule has 0 aliphatic carbocycles. The Hall–Kier alpha value is -1.40. The molecule has 1 atom stereocenters. The second-order valence-corrected chi connectivity index (χ2v) is 6.80. The van der Waals surface area contributed by atoms with E-state index < -0.39 is 0 Å². The van der Waals surface area contributed by atoms with E-state index in [1.54, 1.807) is 0 Å². The predicted octanol–water partition coefficient (Wildman–Crippen LogP) is 1.79. The van der Waals surface area contributed by atoms with Crippen LogP contribution >= 0.6 is 0 Å². The summed E-state index contributed by atoms with van der Waals surface area (Å²) in [5.41, 5.74) is 0.573. The minimum Gasteiger partial charge on any atom is -0.379 e. The number of hydrogen-bond acceptors (Lipinski definition) is 4. The van der Waals surface area contributed by atoms with Crippen LogP contribution in [0.5, 0.6) is 0 Å². The van der Waals surface area contributed by atoms with Gasteiger partial charge in [0, 0.05) is 44.5 Å². The van der Waals surface area contributed by atoms with E-state index in [-0.39, 0.29) is 11.9 Å². The number of nitrogens with zero attached hydrogens (tertiary/aromatic N) is 4. The van der Waals surface area contributed by atoms with E-state index in [4.69, 9.17) is 4.74 Å². The highest BCUT2D eigenvalue weighted by Gasteiger charge is 2.27. The molecule has 6 nitrogen and oxygen atoms in total. The van der Waals surface area contributed by atoms with Crippen molar-refractivity contribution in [3.63, 3.8) is 0 Å². The molecule has 23 heavy (non-hydrogen) atoms. The van der Waals surface area contributed by atoms with E-state index in [9.17, 15) is 4.79 Å². The number of hydrogen-bond donors (Lipinski definition) is 0. The molecule has 1 amide bonds. The van der Waals surface area contributed by atoms with Crippen molar-refractivity contribution in [2.75, 3.05) is 39.4 Å². The summed E-state index contributed by atoms with van der Waals surface area (Å²) in [6, 6.07) is 2.71. The highest BCUT2D eigenvalue weighted by atomic mass is 16.5. The van der Waals surface area contributed by atoms with Crippen LogP contribution in [0.2, 0.25) is 0 Å². The molecular formula is C17H28N4O2. The average Bonchev–Trinajstić information content (AvgIpc) is 2.94. The molecule has 1 aromatic rings. The van der Waals surface area contributed by atoms with Gasteiger partial charge in [-0.25, -0.2) is 0 Å². The molecule has 2 fully saturated rings. The molecule has 3 heterocycles. The Morgan fingerprint density at radius 2 is 2.00 bits per heavy atom. The molecule has 0 aromatic carbocycles. The van der Waals surface area contributed by atoms with Crippen molar-refractivity contribution in [3.8, 4) is 0 Å². The van der Waals surface area contributed by atoms with Gasteiger partial charge in [0.1, 0.15) is 5.69 Å². The van der Waals surface area contributed by atoms with Crippen molar-refractivity contribution >= 4 is 5.91 Å². The van der Waals surface area contributed by atoms with Crippen LogP contribution in [0, 0.1) is 0 Å². The van der Waals surface area contributed by atoms with Crippen molar-refractivity contribution in [2.45, 2.75) is 45.2 Å². The Labute approximate surface area is 138 Å². The molecule has 0 saturated carbocycles. The fraction of sp³-hybridized carbons (Fsp3) is 0.765. The van der Waals surface area contributed by atoms with Crippen molar-refractivity contribution in [2.24, 2.45) is 0 Å². The molecule has 2 saturated heterocycles. The van der Waals surface area contributed by atoms with E-state index in [2.05, 4.69) is 23.8 Å². The Morgan fingerprint density at radius 3 is 2.70 bits per heavy atom. The lowest BCUT2D eigenvalue weighted by atomic mass is 10.1. The van der Waals surface area contributed by atoms with Crippen molar-refractivity contribution in [3.05, 3.63) is 18.0 Å². The first-order valence-corrected chi connectivity index (χ1v) is 8.81. The molecule has 0 spiro atoms. The van der Waals surface area contributed by atoms with E-state index >= 15 is 0 Å². The summed E-state index contributed by atoms with van der Waals surface area (Å²) in [7, 11) is 0. The number of likely N-dealkylation sites (tertiary alicyclic amines) is 1. The van der Waals surface area contributed by atoms with Crippen LogP contribution in [-0.4, -0.2) is 70.9 Å². The van der Waals surface area contributed by atoms with Crippen LogP contribution < -0.4 is 0 Å². The first-order chi connectivity index (χ1) is 11.1. The normalized spacial score (nSPS) is 24.0. The first-order valence-electron chi connectivity index (χ1n) is 8.81. The van der Waals surface area contributed by atoms with Crippen LogP contribution in [0.4, 0.5) is 0 Å². The van der Waals surface area contributed by atoms with Gasteiger partial charge >= 0.3 is 0 Å². The van der Waals surface area contributed by atoms with Gasteiger partial charge in [0.05, 0.1) is 13.2 Å². The maximum atomic E-state index is 12.7. The van der Waals surface area contributed by atoms with Gasteiger partial charge in [-0.05, 0) is 39.2 Å². The monoisotopic (exact) mass is 320 g/mol. The fourth-order valence-corrected chi connectivity index (χ4v) is 3.49. The van der Waals surface area contributed by atoms with Gasteiger partial charge < -0.3 is 9.64 Å². The summed E-state index contributed by atoms with van der Waals surface area (Å²) in [4.78, 5) is 17.2. The summed E-state index contributed by atoms with van der Waals surface area (Å²) in [5, 5.41) is 4.42. The molecule has 0 N–H and O–H groups in total. The molecular weight excluding hydrogens is 292 g/mol. The van der Waals surface area contributed by atoms with Crippen molar-refractivity contribution in [1.29, 1.82) is 0 Å². The maximum absolute atomic E-state index is 12.7. The highest BCUT2D eigenvalue weighted by Crippen LogP contribution is 2.19. The molecule has 2 aliphatic heterocycles. The van der Waals surface area contributed by atoms with Gasteiger partial charge in [-0.3, -0.25) is 14.4 Å². The topological polar surface area (TPSA) is 50.6 Å². The summed E-state index contributed by atoms with van der Waals surface area (Å²) < 4.78 is 7.29. The van der Waals surface area contributed by atoms with Gasteiger partial charge in [0.2, 0.25) is 0 Å². The molecule has 3 rings (SSSR count). The quantitative estimate of drug-likeness (QED) is 0.852. The minimum atomic E-state index is 0.0760. The Bertz CT molecular complexity index is 522. The van der Waals surface area contributed by atoms with Crippen LogP contribution in [0.25, 0.3) is 0 Å². The lowest BCUT2D eigenvalue weighted by Gasteiger charge is -2.33.